The van der Waals surface area contributed by atoms with Crippen LogP contribution in [0.25, 0.3) is 0 Å². The highest BCUT2D eigenvalue weighted by atomic mass is 19.1. The largest absolute Gasteiger partial charge is 0.288 e. The van der Waals surface area contributed by atoms with Crippen LogP contribution in [0, 0.1) is 24.4 Å². The molecular weight excluding hydrogens is 241 g/mol. The van der Waals surface area contributed by atoms with Gasteiger partial charge in [-0.3, -0.25) is 4.79 Å². The van der Waals surface area contributed by atoms with E-state index >= 15 is 0 Å². The van der Waals surface area contributed by atoms with Gasteiger partial charge in [0.1, 0.15) is 17.5 Å². The molecule has 0 unspecified atom stereocenters. The fourth-order valence-electron chi connectivity index (χ4n) is 1.56. The topological polar surface area (TPSA) is 17.1 Å². The van der Waals surface area contributed by atoms with Gasteiger partial charge >= 0.3 is 0 Å². The Morgan fingerprint density at radius 3 is 2.33 bits per heavy atom. The summed E-state index contributed by atoms with van der Waals surface area (Å²) in [6, 6.07) is 6.40. The molecule has 0 amide bonds. The predicted molar refractivity (Wildman–Crippen MR) is 60.9 cm³/mol. The number of ketones is 1. The second-order valence-electron chi connectivity index (χ2n) is 3.92. The first-order chi connectivity index (χ1) is 8.49. The zero-order chi connectivity index (χ0) is 13.3. The van der Waals surface area contributed by atoms with Crippen molar-refractivity contribution in [3.8, 4) is 0 Å². The number of benzene rings is 2. The van der Waals surface area contributed by atoms with Crippen molar-refractivity contribution in [3.05, 3.63) is 70.5 Å². The van der Waals surface area contributed by atoms with Crippen molar-refractivity contribution < 1.29 is 18.0 Å². The van der Waals surface area contributed by atoms with Crippen LogP contribution in [0.1, 0.15) is 21.5 Å². The van der Waals surface area contributed by atoms with Gasteiger partial charge in [0.2, 0.25) is 0 Å². The van der Waals surface area contributed by atoms with Crippen molar-refractivity contribution in [1.82, 2.24) is 0 Å². The maximum atomic E-state index is 13.4. The van der Waals surface area contributed by atoms with Crippen LogP contribution < -0.4 is 0 Å². The molecule has 0 bridgehead atoms. The van der Waals surface area contributed by atoms with Crippen LogP contribution in [0.4, 0.5) is 13.2 Å². The summed E-state index contributed by atoms with van der Waals surface area (Å²) in [6.07, 6.45) is 0. The molecule has 92 valence electrons. The van der Waals surface area contributed by atoms with E-state index in [-0.39, 0.29) is 5.56 Å². The Hall–Kier alpha value is -2.10. The molecule has 2 rings (SSSR count). The lowest BCUT2D eigenvalue weighted by Gasteiger charge is -2.04. The van der Waals surface area contributed by atoms with E-state index in [1.807, 2.05) is 0 Å². The van der Waals surface area contributed by atoms with Crippen molar-refractivity contribution in [3.63, 3.8) is 0 Å². The number of carbonyl (C=O) groups excluding carboxylic acids is 1. The Kier molecular flexibility index (Phi) is 3.19. The van der Waals surface area contributed by atoms with Crippen molar-refractivity contribution in [2.24, 2.45) is 0 Å². The van der Waals surface area contributed by atoms with Gasteiger partial charge in [0.05, 0.1) is 5.56 Å². The number of rotatable bonds is 2. The zero-order valence-electron chi connectivity index (χ0n) is 9.51. The van der Waals surface area contributed by atoms with Crippen LogP contribution in [-0.4, -0.2) is 5.78 Å². The molecule has 4 heteroatoms. The van der Waals surface area contributed by atoms with E-state index in [0.29, 0.717) is 5.56 Å². The molecule has 2 aromatic rings. The number of hydrogen-bond acceptors (Lipinski definition) is 1. The van der Waals surface area contributed by atoms with Gasteiger partial charge in [0.25, 0.3) is 0 Å². The van der Waals surface area contributed by atoms with Gasteiger partial charge in [-0.15, -0.1) is 0 Å². The summed E-state index contributed by atoms with van der Waals surface area (Å²) in [5.74, 6) is -2.85. The molecule has 0 aliphatic heterocycles. The number of halogens is 3. The first kappa shape index (κ1) is 12.4. The Labute approximate surface area is 102 Å². The molecule has 18 heavy (non-hydrogen) atoms. The minimum absolute atomic E-state index is 0.0115. The van der Waals surface area contributed by atoms with Crippen LogP contribution in [0.5, 0.6) is 0 Å². The summed E-state index contributed by atoms with van der Waals surface area (Å²) in [4.78, 5) is 11.9. The Balaban J connectivity index is 2.47. The SMILES string of the molecule is Cc1ccc(C(=O)c2cc(F)ccc2F)cc1F. The van der Waals surface area contributed by atoms with Crippen molar-refractivity contribution in [1.29, 1.82) is 0 Å². The molecule has 0 aromatic heterocycles. The molecule has 0 spiro atoms. The van der Waals surface area contributed by atoms with Crippen molar-refractivity contribution in [2.45, 2.75) is 6.92 Å². The molecule has 0 saturated heterocycles. The third-order valence-electron chi connectivity index (χ3n) is 2.61. The number of aryl methyl sites for hydroxylation is 1. The lowest BCUT2D eigenvalue weighted by atomic mass is 10.0. The third-order valence-corrected chi connectivity index (χ3v) is 2.61. The number of carbonyl (C=O) groups is 1. The first-order valence-corrected chi connectivity index (χ1v) is 5.25. The van der Waals surface area contributed by atoms with Gasteiger partial charge < -0.3 is 0 Å². The average Bonchev–Trinajstić information content (AvgIpc) is 2.35. The second kappa shape index (κ2) is 4.64. The summed E-state index contributed by atoms with van der Waals surface area (Å²) in [5, 5.41) is 0. The van der Waals surface area contributed by atoms with Gasteiger partial charge in [-0.1, -0.05) is 12.1 Å². The highest BCUT2D eigenvalue weighted by molar-refractivity contribution is 6.09. The minimum atomic E-state index is -0.831. The fraction of sp³-hybridized carbons (Fsp3) is 0.0714. The lowest BCUT2D eigenvalue weighted by Crippen LogP contribution is -2.05. The molecule has 0 N–H and O–H groups in total. The molecule has 0 aliphatic rings. The normalized spacial score (nSPS) is 10.4. The van der Waals surface area contributed by atoms with Crippen molar-refractivity contribution in [2.75, 3.05) is 0 Å². The monoisotopic (exact) mass is 250 g/mol. The van der Waals surface area contributed by atoms with E-state index in [9.17, 15) is 18.0 Å². The lowest BCUT2D eigenvalue weighted by molar-refractivity contribution is 0.103. The van der Waals surface area contributed by atoms with E-state index in [2.05, 4.69) is 0 Å². The van der Waals surface area contributed by atoms with Gasteiger partial charge in [-0.05, 0) is 36.8 Å². The highest BCUT2D eigenvalue weighted by Crippen LogP contribution is 2.17. The minimum Gasteiger partial charge on any atom is -0.288 e. The predicted octanol–water partition coefficient (Wildman–Crippen LogP) is 3.64. The highest BCUT2D eigenvalue weighted by Gasteiger charge is 2.15. The smallest absolute Gasteiger partial charge is 0.196 e. The van der Waals surface area contributed by atoms with E-state index in [0.717, 1.165) is 24.3 Å². The number of hydrogen-bond donors (Lipinski definition) is 0. The molecule has 0 saturated carbocycles. The van der Waals surface area contributed by atoms with Gasteiger partial charge in [-0.25, -0.2) is 13.2 Å². The maximum Gasteiger partial charge on any atom is 0.196 e. The molecule has 1 nitrogen and oxygen atoms in total. The average molecular weight is 250 g/mol. The molecular formula is C14H9F3O. The van der Waals surface area contributed by atoms with Gasteiger partial charge in [-0.2, -0.15) is 0 Å². The van der Waals surface area contributed by atoms with Crippen LogP contribution in [0.2, 0.25) is 0 Å². The van der Waals surface area contributed by atoms with E-state index < -0.39 is 28.8 Å². The Morgan fingerprint density at radius 2 is 1.67 bits per heavy atom. The van der Waals surface area contributed by atoms with E-state index in [4.69, 9.17) is 0 Å². The van der Waals surface area contributed by atoms with Gasteiger partial charge in [0.15, 0.2) is 5.78 Å². The summed E-state index contributed by atoms with van der Waals surface area (Å²) in [7, 11) is 0. The molecule has 0 atom stereocenters. The molecule has 0 heterocycles. The first-order valence-electron chi connectivity index (χ1n) is 5.25. The van der Waals surface area contributed by atoms with E-state index in [1.54, 1.807) is 6.92 Å². The summed E-state index contributed by atoms with van der Waals surface area (Å²) in [5.41, 5.74) is -0.0351. The van der Waals surface area contributed by atoms with Crippen LogP contribution in [-0.2, 0) is 0 Å². The quantitative estimate of drug-likeness (QED) is 0.743. The van der Waals surface area contributed by atoms with E-state index in [1.165, 1.54) is 12.1 Å². The molecule has 0 fully saturated rings. The summed E-state index contributed by atoms with van der Waals surface area (Å²) in [6.45, 7) is 1.55. The van der Waals surface area contributed by atoms with Crippen molar-refractivity contribution >= 4 is 5.78 Å². The summed E-state index contributed by atoms with van der Waals surface area (Å²) >= 11 is 0. The molecule has 2 aromatic carbocycles. The van der Waals surface area contributed by atoms with Crippen LogP contribution in [0.15, 0.2) is 36.4 Å². The van der Waals surface area contributed by atoms with Crippen LogP contribution in [0.3, 0.4) is 0 Å². The van der Waals surface area contributed by atoms with Crippen LogP contribution >= 0.6 is 0 Å². The van der Waals surface area contributed by atoms with Gasteiger partial charge in [0, 0.05) is 5.56 Å². The maximum absolute atomic E-state index is 13.4. The zero-order valence-corrected chi connectivity index (χ0v) is 9.51. The Morgan fingerprint density at radius 1 is 0.944 bits per heavy atom. The summed E-state index contributed by atoms with van der Waals surface area (Å²) < 4.78 is 39.7. The second-order valence-corrected chi connectivity index (χ2v) is 3.92. The fourth-order valence-corrected chi connectivity index (χ4v) is 1.56. The third kappa shape index (κ3) is 2.27. The standard InChI is InChI=1S/C14H9F3O/c1-8-2-3-9(6-13(8)17)14(18)11-7-10(15)4-5-12(11)16/h2-7H,1H3. The molecule has 0 radical (unpaired) electrons. The Bertz CT molecular complexity index is 620. The molecule has 0 aliphatic carbocycles.